The molecule has 0 saturated heterocycles. The van der Waals surface area contributed by atoms with Gasteiger partial charge in [0.25, 0.3) is 0 Å². The molecule has 0 atom stereocenters. The van der Waals surface area contributed by atoms with E-state index in [0.717, 1.165) is 5.56 Å². The van der Waals surface area contributed by atoms with Gasteiger partial charge in [-0.1, -0.05) is 0 Å². The second kappa shape index (κ2) is 4.96. The molecular weight excluding hydrogens is 233 g/mol. The summed E-state index contributed by atoms with van der Waals surface area (Å²) in [5.41, 5.74) is 1.70. The number of halogens is 1. The number of ether oxygens (including phenoxy) is 1. The van der Waals surface area contributed by atoms with Gasteiger partial charge < -0.3 is 4.74 Å². The molecule has 0 bridgehead atoms. The summed E-state index contributed by atoms with van der Waals surface area (Å²) in [7, 11) is 1.53. The minimum atomic E-state index is -0.437. The van der Waals surface area contributed by atoms with Gasteiger partial charge in [0.2, 0.25) is 5.88 Å². The van der Waals surface area contributed by atoms with Crippen molar-refractivity contribution in [3.05, 3.63) is 47.9 Å². The van der Waals surface area contributed by atoms with E-state index in [1.54, 1.807) is 24.4 Å². The van der Waals surface area contributed by atoms with E-state index in [-0.39, 0.29) is 5.78 Å². The Morgan fingerprint density at radius 3 is 2.56 bits per heavy atom. The van der Waals surface area contributed by atoms with Crippen molar-refractivity contribution in [1.82, 2.24) is 4.98 Å². The summed E-state index contributed by atoms with van der Waals surface area (Å²) in [5, 5.41) is 0. The molecule has 92 valence electrons. The highest BCUT2D eigenvalue weighted by Gasteiger charge is 2.07. The van der Waals surface area contributed by atoms with E-state index in [0.29, 0.717) is 17.0 Å². The van der Waals surface area contributed by atoms with E-state index >= 15 is 0 Å². The molecule has 0 aliphatic carbocycles. The highest BCUT2D eigenvalue weighted by atomic mass is 19.1. The van der Waals surface area contributed by atoms with Crippen molar-refractivity contribution in [2.75, 3.05) is 7.11 Å². The Morgan fingerprint density at radius 1 is 1.22 bits per heavy atom. The van der Waals surface area contributed by atoms with E-state index in [9.17, 15) is 9.18 Å². The molecule has 0 aliphatic rings. The first kappa shape index (κ1) is 12.2. The fraction of sp³-hybridized carbons (Fsp3) is 0.143. The van der Waals surface area contributed by atoms with Gasteiger partial charge in [-0.3, -0.25) is 4.79 Å². The predicted octanol–water partition coefficient (Wildman–Crippen LogP) is 3.10. The molecule has 18 heavy (non-hydrogen) atoms. The van der Waals surface area contributed by atoms with Crippen LogP contribution >= 0.6 is 0 Å². The number of ketones is 1. The largest absolute Gasteiger partial charge is 0.481 e. The van der Waals surface area contributed by atoms with Gasteiger partial charge in [0, 0.05) is 23.4 Å². The van der Waals surface area contributed by atoms with E-state index in [1.165, 1.54) is 26.2 Å². The number of benzene rings is 1. The van der Waals surface area contributed by atoms with Gasteiger partial charge in [-0.05, 0) is 36.8 Å². The lowest BCUT2D eigenvalue weighted by Crippen LogP contribution is -1.94. The van der Waals surface area contributed by atoms with Crippen molar-refractivity contribution in [1.29, 1.82) is 0 Å². The summed E-state index contributed by atoms with van der Waals surface area (Å²) < 4.78 is 18.4. The number of rotatable bonds is 3. The minimum absolute atomic E-state index is 0.169. The number of hydrogen-bond donors (Lipinski definition) is 0. The average molecular weight is 245 g/mol. The molecular formula is C14H12FNO2. The smallest absolute Gasteiger partial charge is 0.212 e. The molecule has 2 aromatic rings. The van der Waals surface area contributed by atoms with E-state index in [1.807, 2.05) is 0 Å². The van der Waals surface area contributed by atoms with Crippen molar-refractivity contribution < 1.29 is 13.9 Å². The SMILES string of the molecule is COc1ccc(-c2cc(F)cc(C(C)=O)c2)cn1. The zero-order valence-electron chi connectivity index (χ0n) is 10.1. The van der Waals surface area contributed by atoms with Crippen LogP contribution < -0.4 is 4.74 Å². The Kier molecular flexibility index (Phi) is 3.37. The van der Waals surface area contributed by atoms with Crippen LogP contribution in [0.2, 0.25) is 0 Å². The molecule has 0 radical (unpaired) electrons. The standard InChI is InChI=1S/C14H12FNO2/c1-9(17)11-5-12(7-13(15)6-11)10-3-4-14(18-2)16-8-10/h3-8H,1-2H3. The molecule has 0 N–H and O–H groups in total. The van der Waals surface area contributed by atoms with E-state index in [4.69, 9.17) is 4.74 Å². The monoisotopic (exact) mass is 245 g/mol. The first-order chi connectivity index (χ1) is 8.60. The van der Waals surface area contributed by atoms with Crippen LogP contribution in [0.1, 0.15) is 17.3 Å². The summed E-state index contributed by atoms with van der Waals surface area (Å²) in [6, 6.07) is 7.70. The third kappa shape index (κ3) is 2.53. The Bertz CT molecular complexity index is 579. The maximum Gasteiger partial charge on any atom is 0.212 e. The van der Waals surface area contributed by atoms with E-state index < -0.39 is 5.82 Å². The molecule has 0 saturated carbocycles. The van der Waals surface area contributed by atoms with Gasteiger partial charge in [0.1, 0.15) is 5.82 Å². The van der Waals surface area contributed by atoms with Crippen LogP contribution in [0.4, 0.5) is 4.39 Å². The Morgan fingerprint density at radius 2 is 2.00 bits per heavy atom. The molecule has 1 aromatic heterocycles. The van der Waals surface area contributed by atoms with Gasteiger partial charge in [0.05, 0.1) is 7.11 Å². The molecule has 0 aliphatic heterocycles. The first-order valence-electron chi connectivity index (χ1n) is 5.42. The molecule has 1 aromatic carbocycles. The van der Waals surface area contributed by atoms with Crippen molar-refractivity contribution in [2.45, 2.75) is 6.92 Å². The molecule has 1 heterocycles. The second-order valence-electron chi connectivity index (χ2n) is 3.87. The van der Waals surface area contributed by atoms with E-state index in [2.05, 4.69) is 4.98 Å². The summed E-state index contributed by atoms with van der Waals surface area (Å²) in [6.45, 7) is 1.41. The molecule has 0 fully saturated rings. The van der Waals surface area contributed by atoms with Crippen LogP contribution in [0.5, 0.6) is 5.88 Å². The fourth-order valence-electron chi connectivity index (χ4n) is 1.63. The summed E-state index contributed by atoms with van der Waals surface area (Å²) in [4.78, 5) is 15.3. The Labute approximate surface area is 104 Å². The number of hydrogen-bond acceptors (Lipinski definition) is 3. The predicted molar refractivity (Wildman–Crippen MR) is 66.2 cm³/mol. The second-order valence-corrected chi connectivity index (χ2v) is 3.87. The van der Waals surface area contributed by atoms with Crippen molar-refractivity contribution in [2.24, 2.45) is 0 Å². The maximum absolute atomic E-state index is 13.4. The van der Waals surface area contributed by atoms with Crippen LogP contribution in [0.25, 0.3) is 11.1 Å². The average Bonchev–Trinajstić information content (AvgIpc) is 2.38. The molecule has 4 heteroatoms. The summed E-state index contributed by atoms with van der Waals surface area (Å²) in [5.74, 6) is -0.118. The Balaban J connectivity index is 2.46. The number of pyridine rings is 1. The highest BCUT2D eigenvalue weighted by Crippen LogP contribution is 2.23. The fourth-order valence-corrected chi connectivity index (χ4v) is 1.63. The molecule has 0 unspecified atom stereocenters. The van der Waals surface area contributed by atoms with Crippen molar-refractivity contribution in [3.8, 4) is 17.0 Å². The highest BCUT2D eigenvalue weighted by molar-refractivity contribution is 5.95. The number of aromatic nitrogens is 1. The number of methoxy groups -OCH3 is 1. The van der Waals surface area contributed by atoms with Crippen LogP contribution in [-0.2, 0) is 0 Å². The lowest BCUT2D eigenvalue weighted by atomic mass is 10.0. The van der Waals surface area contributed by atoms with Crippen molar-refractivity contribution >= 4 is 5.78 Å². The summed E-state index contributed by atoms with van der Waals surface area (Å²) in [6.07, 6.45) is 1.58. The van der Waals surface area contributed by atoms with Crippen molar-refractivity contribution in [3.63, 3.8) is 0 Å². The number of carbonyl (C=O) groups excluding carboxylic acids is 1. The number of nitrogens with zero attached hydrogens (tertiary/aromatic N) is 1. The first-order valence-corrected chi connectivity index (χ1v) is 5.42. The van der Waals surface area contributed by atoms with Gasteiger partial charge in [-0.15, -0.1) is 0 Å². The van der Waals surface area contributed by atoms with Gasteiger partial charge in [-0.25, -0.2) is 9.37 Å². The third-order valence-electron chi connectivity index (χ3n) is 2.58. The van der Waals surface area contributed by atoms with Gasteiger partial charge in [0.15, 0.2) is 5.78 Å². The quantitative estimate of drug-likeness (QED) is 0.780. The van der Waals surface area contributed by atoms with Crippen LogP contribution in [0.15, 0.2) is 36.5 Å². The van der Waals surface area contributed by atoms with Crippen LogP contribution in [0.3, 0.4) is 0 Å². The number of Topliss-reactive ketones (excluding diaryl/α,β-unsaturated/α-hetero) is 1. The zero-order valence-corrected chi connectivity index (χ0v) is 10.1. The molecule has 0 amide bonds. The Hall–Kier alpha value is -2.23. The maximum atomic E-state index is 13.4. The van der Waals surface area contributed by atoms with Crippen LogP contribution in [-0.4, -0.2) is 17.9 Å². The topological polar surface area (TPSA) is 39.2 Å². The minimum Gasteiger partial charge on any atom is -0.481 e. The third-order valence-corrected chi connectivity index (χ3v) is 2.58. The normalized spacial score (nSPS) is 10.2. The lowest BCUT2D eigenvalue weighted by Gasteiger charge is -2.05. The molecule has 3 nitrogen and oxygen atoms in total. The molecule has 2 rings (SSSR count). The zero-order chi connectivity index (χ0) is 13.1. The van der Waals surface area contributed by atoms with Gasteiger partial charge >= 0.3 is 0 Å². The molecule has 0 spiro atoms. The lowest BCUT2D eigenvalue weighted by molar-refractivity contribution is 0.101. The number of carbonyl (C=O) groups is 1. The summed E-state index contributed by atoms with van der Waals surface area (Å²) >= 11 is 0. The van der Waals surface area contributed by atoms with Gasteiger partial charge in [-0.2, -0.15) is 0 Å². The van der Waals surface area contributed by atoms with Crippen LogP contribution in [0, 0.1) is 5.82 Å².